The third kappa shape index (κ3) is 3.26. The van der Waals surface area contributed by atoms with Crippen molar-refractivity contribution >= 4 is 17.5 Å². The SMILES string of the molecule is CCCC(=O)NC[C@H]1[C@H]2CN(CC(=O)N3CCc4ccccc43)C[C@]23CC[C@H]1O3. The molecule has 6 heteroatoms. The number of fused-ring (bicyclic) bond motifs is 2. The molecule has 4 heterocycles. The summed E-state index contributed by atoms with van der Waals surface area (Å²) in [6, 6.07) is 8.22. The lowest BCUT2D eigenvalue weighted by Crippen LogP contribution is -2.41. The fourth-order valence-electron chi connectivity index (χ4n) is 6.10. The normalized spacial score (nSPS) is 32.4. The van der Waals surface area contributed by atoms with Crippen molar-refractivity contribution in [1.82, 2.24) is 10.2 Å². The smallest absolute Gasteiger partial charge is 0.241 e. The number of para-hydroxylation sites is 1. The third-order valence-electron chi connectivity index (χ3n) is 7.41. The maximum absolute atomic E-state index is 13.0. The molecule has 1 spiro atoms. The maximum Gasteiger partial charge on any atom is 0.241 e. The second-order valence-electron chi connectivity index (χ2n) is 9.18. The molecule has 5 rings (SSSR count). The van der Waals surface area contributed by atoms with Crippen LogP contribution in [-0.4, -0.2) is 61.1 Å². The van der Waals surface area contributed by atoms with Crippen LogP contribution in [0.1, 0.15) is 38.2 Å². The van der Waals surface area contributed by atoms with E-state index in [2.05, 4.69) is 22.3 Å². The number of carbonyl (C=O) groups excluding carboxylic acids is 2. The summed E-state index contributed by atoms with van der Waals surface area (Å²) in [6.07, 6.45) is 4.83. The number of carbonyl (C=O) groups is 2. The lowest BCUT2D eigenvalue weighted by Gasteiger charge is -2.29. The van der Waals surface area contributed by atoms with E-state index in [0.717, 1.165) is 51.0 Å². The Hall–Kier alpha value is -1.92. The summed E-state index contributed by atoms with van der Waals surface area (Å²) in [4.78, 5) is 29.2. The van der Waals surface area contributed by atoms with Gasteiger partial charge < -0.3 is 15.0 Å². The Bertz CT molecular complexity index is 812. The van der Waals surface area contributed by atoms with Crippen LogP contribution < -0.4 is 10.2 Å². The standard InChI is InChI=1S/C23H31N3O3/c1-2-5-21(27)24-12-17-18-13-25(15-23(18)10-8-20(17)29-23)14-22(28)26-11-9-16-6-3-4-7-19(16)26/h3-4,6-7,17-18,20H,2,5,8-15H2,1H3,(H,24,27)/t17-,18+,20+,23+/m0/s1. The Morgan fingerprint density at radius 2 is 2.17 bits per heavy atom. The highest BCUT2D eigenvalue weighted by Gasteiger charge is 2.62. The monoisotopic (exact) mass is 397 g/mol. The van der Waals surface area contributed by atoms with Crippen LogP contribution in [0.2, 0.25) is 0 Å². The molecule has 1 aromatic rings. The van der Waals surface area contributed by atoms with E-state index in [9.17, 15) is 9.59 Å². The minimum absolute atomic E-state index is 0.103. The molecule has 29 heavy (non-hydrogen) atoms. The Balaban J connectivity index is 1.22. The second kappa shape index (κ2) is 7.40. The highest BCUT2D eigenvalue weighted by Crippen LogP contribution is 2.54. The van der Waals surface area contributed by atoms with Gasteiger partial charge in [-0.3, -0.25) is 14.5 Å². The predicted molar refractivity (Wildman–Crippen MR) is 111 cm³/mol. The summed E-state index contributed by atoms with van der Waals surface area (Å²) in [5.74, 6) is 1.12. The molecule has 4 aliphatic rings. The van der Waals surface area contributed by atoms with E-state index in [0.29, 0.717) is 31.3 Å². The van der Waals surface area contributed by atoms with Crippen molar-refractivity contribution in [3.8, 4) is 0 Å². The zero-order valence-electron chi connectivity index (χ0n) is 17.2. The van der Waals surface area contributed by atoms with Gasteiger partial charge >= 0.3 is 0 Å². The molecule has 3 fully saturated rings. The summed E-state index contributed by atoms with van der Waals surface area (Å²) in [5.41, 5.74) is 2.24. The van der Waals surface area contributed by atoms with Gasteiger partial charge in [-0.15, -0.1) is 0 Å². The first-order valence-corrected chi connectivity index (χ1v) is 11.1. The highest BCUT2D eigenvalue weighted by molar-refractivity contribution is 5.96. The van der Waals surface area contributed by atoms with Gasteiger partial charge in [-0.2, -0.15) is 0 Å². The van der Waals surface area contributed by atoms with E-state index in [1.165, 1.54) is 5.56 Å². The van der Waals surface area contributed by atoms with Gasteiger partial charge in [0.2, 0.25) is 11.8 Å². The van der Waals surface area contributed by atoms with Crippen LogP contribution in [0.4, 0.5) is 5.69 Å². The van der Waals surface area contributed by atoms with Crippen molar-refractivity contribution in [2.45, 2.75) is 50.7 Å². The van der Waals surface area contributed by atoms with Crippen molar-refractivity contribution in [2.75, 3.05) is 37.6 Å². The summed E-state index contributed by atoms with van der Waals surface area (Å²) in [5, 5.41) is 3.12. The van der Waals surface area contributed by atoms with E-state index in [1.807, 2.05) is 24.0 Å². The first-order chi connectivity index (χ1) is 14.1. The molecule has 4 atom stereocenters. The van der Waals surface area contributed by atoms with Crippen molar-refractivity contribution in [2.24, 2.45) is 11.8 Å². The molecule has 0 aromatic heterocycles. The average Bonchev–Trinajstić information content (AvgIpc) is 3.45. The van der Waals surface area contributed by atoms with Gasteiger partial charge in [0.15, 0.2) is 0 Å². The molecule has 0 radical (unpaired) electrons. The number of likely N-dealkylation sites (tertiary alicyclic amines) is 1. The molecule has 2 amide bonds. The van der Waals surface area contributed by atoms with Crippen molar-refractivity contribution in [1.29, 1.82) is 0 Å². The number of rotatable bonds is 6. The van der Waals surface area contributed by atoms with Crippen LogP contribution in [-0.2, 0) is 20.7 Å². The lowest BCUT2D eigenvalue weighted by atomic mass is 9.73. The van der Waals surface area contributed by atoms with Gasteiger partial charge in [0, 0.05) is 50.1 Å². The number of anilines is 1. The number of nitrogens with zero attached hydrogens (tertiary/aromatic N) is 2. The summed E-state index contributed by atoms with van der Waals surface area (Å²) in [7, 11) is 0. The van der Waals surface area contributed by atoms with Crippen LogP contribution in [0.15, 0.2) is 24.3 Å². The molecular formula is C23H31N3O3. The summed E-state index contributed by atoms with van der Waals surface area (Å²) in [6.45, 7) is 5.71. The molecular weight excluding hydrogens is 366 g/mol. The number of nitrogens with one attached hydrogen (secondary N) is 1. The van der Waals surface area contributed by atoms with E-state index >= 15 is 0 Å². The number of amides is 2. The largest absolute Gasteiger partial charge is 0.370 e. The van der Waals surface area contributed by atoms with Crippen LogP contribution >= 0.6 is 0 Å². The molecule has 0 unspecified atom stereocenters. The molecule has 4 aliphatic heterocycles. The van der Waals surface area contributed by atoms with Crippen LogP contribution in [0, 0.1) is 11.8 Å². The zero-order chi connectivity index (χ0) is 20.0. The molecule has 6 nitrogen and oxygen atoms in total. The van der Waals surface area contributed by atoms with Crippen LogP contribution in [0.25, 0.3) is 0 Å². The fraction of sp³-hybridized carbons (Fsp3) is 0.652. The first-order valence-electron chi connectivity index (χ1n) is 11.1. The predicted octanol–water partition coefficient (Wildman–Crippen LogP) is 1.97. The molecule has 1 N–H and O–H groups in total. The second-order valence-corrected chi connectivity index (χ2v) is 9.18. The number of ether oxygens (including phenoxy) is 1. The molecule has 0 saturated carbocycles. The quantitative estimate of drug-likeness (QED) is 0.797. The van der Waals surface area contributed by atoms with Crippen LogP contribution in [0.5, 0.6) is 0 Å². The topological polar surface area (TPSA) is 61.9 Å². The first kappa shape index (κ1) is 19.1. The van der Waals surface area contributed by atoms with Gasteiger partial charge in [-0.25, -0.2) is 0 Å². The Morgan fingerprint density at radius 3 is 3.03 bits per heavy atom. The Labute approximate surface area is 172 Å². The molecule has 156 valence electrons. The summed E-state index contributed by atoms with van der Waals surface area (Å²) >= 11 is 0. The van der Waals surface area contributed by atoms with Gasteiger partial charge in [0.25, 0.3) is 0 Å². The molecule has 3 saturated heterocycles. The van der Waals surface area contributed by atoms with E-state index in [4.69, 9.17) is 4.74 Å². The number of hydrogen-bond donors (Lipinski definition) is 1. The van der Waals surface area contributed by atoms with E-state index < -0.39 is 0 Å². The molecule has 1 aromatic carbocycles. The third-order valence-corrected chi connectivity index (χ3v) is 7.41. The Morgan fingerprint density at radius 1 is 1.31 bits per heavy atom. The van der Waals surface area contributed by atoms with Crippen molar-refractivity contribution in [3.63, 3.8) is 0 Å². The van der Waals surface area contributed by atoms with Crippen molar-refractivity contribution in [3.05, 3.63) is 29.8 Å². The molecule has 0 aliphatic carbocycles. The van der Waals surface area contributed by atoms with Crippen LogP contribution in [0.3, 0.4) is 0 Å². The fourth-order valence-corrected chi connectivity index (χ4v) is 6.10. The zero-order valence-corrected chi connectivity index (χ0v) is 17.2. The van der Waals surface area contributed by atoms with Gasteiger partial charge in [0.1, 0.15) is 0 Å². The number of hydrogen-bond acceptors (Lipinski definition) is 4. The van der Waals surface area contributed by atoms with Gasteiger partial charge in [-0.05, 0) is 37.3 Å². The van der Waals surface area contributed by atoms with Gasteiger partial charge in [-0.1, -0.05) is 25.1 Å². The minimum Gasteiger partial charge on any atom is -0.370 e. The Kier molecular flexibility index (Phi) is 4.87. The summed E-state index contributed by atoms with van der Waals surface area (Å²) < 4.78 is 6.46. The number of benzene rings is 1. The lowest BCUT2D eigenvalue weighted by molar-refractivity contribution is -0.121. The molecule has 2 bridgehead atoms. The highest BCUT2D eigenvalue weighted by atomic mass is 16.5. The maximum atomic E-state index is 13.0. The van der Waals surface area contributed by atoms with E-state index in [1.54, 1.807) is 0 Å². The van der Waals surface area contributed by atoms with E-state index in [-0.39, 0.29) is 23.5 Å². The average molecular weight is 398 g/mol. The van der Waals surface area contributed by atoms with Gasteiger partial charge in [0.05, 0.1) is 18.2 Å². The minimum atomic E-state index is -0.103. The van der Waals surface area contributed by atoms with Crippen molar-refractivity contribution < 1.29 is 14.3 Å².